The third-order valence-electron chi connectivity index (χ3n) is 3.54. The van der Waals surface area contributed by atoms with Crippen LogP contribution in [0, 0.1) is 0 Å². The van der Waals surface area contributed by atoms with Crippen molar-refractivity contribution in [2.45, 2.75) is 50.8 Å². The van der Waals surface area contributed by atoms with E-state index in [4.69, 9.17) is 5.11 Å². The standard InChI is InChI=1S/C12H23NO4S/c1-10(2)18(16,17)8-7-13-6-4-3-5-11(13)9-12(14)15/h10-11H,3-9H2,1-2H3,(H,14,15). The Morgan fingerprint density at radius 1 is 1.39 bits per heavy atom. The molecule has 0 amide bonds. The van der Waals surface area contributed by atoms with Crippen molar-refractivity contribution in [3.8, 4) is 0 Å². The normalized spacial score (nSPS) is 22.3. The minimum Gasteiger partial charge on any atom is -0.481 e. The highest BCUT2D eigenvalue weighted by atomic mass is 32.2. The number of hydrogen-bond acceptors (Lipinski definition) is 4. The third kappa shape index (κ3) is 4.57. The molecule has 0 bridgehead atoms. The number of nitrogens with zero attached hydrogens (tertiary/aromatic N) is 1. The molecule has 0 aromatic rings. The van der Waals surface area contributed by atoms with Gasteiger partial charge in [0.15, 0.2) is 9.84 Å². The summed E-state index contributed by atoms with van der Waals surface area (Å²) in [4.78, 5) is 12.8. The van der Waals surface area contributed by atoms with Gasteiger partial charge in [-0.1, -0.05) is 6.42 Å². The van der Waals surface area contributed by atoms with Crippen molar-refractivity contribution in [2.75, 3.05) is 18.8 Å². The summed E-state index contributed by atoms with van der Waals surface area (Å²) in [6.45, 7) is 4.63. The zero-order valence-electron chi connectivity index (χ0n) is 11.1. The van der Waals surface area contributed by atoms with Crippen molar-refractivity contribution in [3.05, 3.63) is 0 Å². The fourth-order valence-corrected chi connectivity index (χ4v) is 3.23. The van der Waals surface area contributed by atoms with Crippen LogP contribution in [0.3, 0.4) is 0 Å². The summed E-state index contributed by atoms with van der Waals surface area (Å²) in [6.07, 6.45) is 3.03. The van der Waals surface area contributed by atoms with Gasteiger partial charge in [-0.25, -0.2) is 8.42 Å². The molecule has 1 N–H and O–H groups in total. The van der Waals surface area contributed by atoms with Crippen LogP contribution in [0.25, 0.3) is 0 Å². The largest absolute Gasteiger partial charge is 0.481 e. The minimum atomic E-state index is -3.04. The zero-order valence-corrected chi connectivity index (χ0v) is 11.9. The molecule has 0 radical (unpaired) electrons. The van der Waals surface area contributed by atoms with E-state index in [-0.39, 0.29) is 23.5 Å². The van der Waals surface area contributed by atoms with E-state index in [9.17, 15) is 13.2 Å². The lowest BCUT2D eigenvalue weighted by Gasteiger charge is -2.34. The van der Waals surface area contributed by atoms with E-state index in [0.29, 0.717) is 6.54 Å². The van der Waals surface area contributed by atoms with Gasteiger partial charge < -0.3 is 5.11 Å². The molecule has 1 atom stereocenters. The Morgan fingerprint density at radius 3 is 2.61 bits per heavy atom. The monoisotopic (exact) mass is 277 g/mol. The molecular formula is C12H23NO4S. The van der Waals surface area contributed by atoms with Crippen molar-refractivity contribution in [3.63, 3.8) is 0 Å². The summed E-state index contributed by atoms with van der Waals surface area (Å²) in [5, 5.41) is 8.49. The minimum absolute atomic E-state index is 0.00128. The lowest BCUT2D eigenvalue weighted by Crippen LogP contribution is -2.43. The van der Waals surface area contributed by atoms with Gasteiger partial charge in [0.05, 0.1) is 17.4 Å². The predicted octanol–water partition coefficient (Wildman–Crippen LogP) is 1.14. The van der Waals surface area contributed by atoms with Crippen LogP contribution >= 0.6 is 0 Å². The fourth-order valence-electron chi connectivity index (χ4n) is 2.27. The summed E-state index contributed by atoms with van der Waals surface area (Å²) >= 11 is 0. The quantitative estimate of drug-likeness (QED) is 0.788. The van der Waals surface area contributed by atoms with Gasteiger partial charge in [-0.15, -0.1) is 0 Å². The molecule has 1 fully saturated rings. The Morgan fingerprint density at radius 2 is 2.06 bits per heavy atom. The van der Waals surface area contributed by atoms with Crippen molar-refractivity contribution in [2.24, 2.45) is 0 Å². The smallest absolute Gasteiger partial charge is 0.304 e. The van der Waals surface area contributed by atoms with Gasteiger partial charge in [0.25, 0.3) is 0 Å². The molecule has 1 aliphatic heterocycles. The summed E-state index contributed by atoms with van der Waals surface area (Å²) in [5.74, 6) is -0.681. The molecule has 0 aromatic heterocycles. The Labute approximate surface area is 109 Å². The van der Waals surface area contributed by atoms with E-state index in [1.54, 1.807) is 13.8 Å². The van der Waals surface area contributed by atoms with E-state index < -0.39 is 15.8 Å². The second-order valence-electron chi connectivity index (χ2n) is 5.20. The van der Waals surface area contributed by atoms with Crippen molar-refractivity contribution in [1.29, 1.82) is 0 Å². The average Bonchev–Trinajstić information content (AvgIpc) is 2.27. The zero-order chi connectivity index (χ0) is 13.8. The van der Waals surface area contributed by atoms with Crippen LogP contribution in [0.2, 0.25) is 0 Å². The average molecular weight is 277 g/mol. The van der Waals surface area contributed by atoms with Gasteiger partial charge in [0.1, 0.15) is 0 Å². The highest BCUT2D eigenvalue weighted by molar-refractivity contribution is 7.92. The molecular weight excluding hydrogens is 254 g/mol. The maximum atomic E-state index is 11.8. The number of piperidine rings is 1. The molecule has 0 saturated carbocycles. The van der Waals surface area contributed by atoms with Gasteiger partial charge in [0, 0.05) is 12.6 Å². The van der Waals surface area contributed by atoms with Crippen LogP contribution in [-0.4, -0.2) is 54.5 Å². The van der Waals surface area contributed by atoms with E-state index in [2.05, 4.69) is 0 Å². The van der Waals surface area contributed by atoms with Crippen LogP contribution in [0.5, 0.6) is 0 Å². The summed E-state index contributed by atoms with van der Waals surface area (Å²) in [7, 11) is -3.04. The summed E-state index contributed by atoms with van der Waals surface area (Å²) in [5.41, 5.74) is 0. The number of hydrogen-bond donors (Lipinski definition) is 1. The molecule has 0 spiro atoms. The topological polar surface area (TPSA) is 74.7 Å². The lowest BCUT2D eigenvalue weighted by molar-refractivity contribution is -0.138. The molecule has 18 heavy (non-hydrogen) atoms. The highest BCUT2D eigenvalue weighted by Crippen LogP contribution is 2.19. The SMILES string of the molecule is CC(C)S(=O)(=O)CCN1CCCCC1CC(=O)O. The van der Waals surface area contributed by atoms with Gasteiger partial charge in [0.2, 0.25) is 0 Å². The Kier molecular flexibility index (Phi) is 5.59. The van der Waals surface area contributed by atoms with Crippen molar-refractivity contribution >= 4 is 15.8 Å². The number of carboxylic acid groups (broad SMARTS) is 1. The Balaban J connectivity index is 2.55. The van der Waals surface area contributed by atoms with Gasteiger partial charge >= 0.3 is 5.97 Å². The molecule has 1 aliphatic rings. The van der Waals surface area contributed by atoms with Crippen LogP contribution in [0.15, 0.2) is 0 Å². The molecule has 6 heteroatoms. The Bertz CT molecular complexity index is 378. The molecule has 1 unspecified atom stereocenters. The van der Waals surface area contributed by atoms with E-state index in [0.717, 1.165) is 25.8 Å². The summed E-state index contributed by atoms with van der Waals surface area (Å²) in [6, 6.07) is -0.00128. The first kappa shape index (κ1) is 15.4. The molecule has 1 rings (SSSR count). The third-order valence-corrected chi connectivity index (χ3v) is 5.73. The van der Waals surface area contributed by atoms with Crippen LogP contribution < -0.4 is 0 Å². The maximum absolute atomic E-state index is 11.8. The maximum Gasteiger partial charge on any atom is 0.304 e. The van der Waals surface area contributed by atoms with Crippen LogP contribution in [0.4, 0.5) is 0 Å². The first-order valence-corrected chi connectivity index (χ1v) is 8.22. The van der Waals surface area contributed by atoms with Crippen LogP contribution in [0.1, 0.15) is 39.5 Å². The lowest BCUT2D eigenvalue weighted by atomic mass is 9.99. The van der Waals surface area contributed by atoms with E-state index in [1.165, 1.54) is 0 Å². The molecule has 1 saturated heterocycles. The van der Waals surface area contributed by atoms with Crippen molar-refractivity contribution < 1.29 is 18.3 Å². The molecule has 0 aliphatic carbocycles. The summed E-state index contributed by atoms with van der Waals surface area (Å²) < 4.78 is 23.5. The Hall–Kier alpha value is -0.620. The number of carboxylic acids is 1. The second kappa shape index (κ2) is 6.52. The predicted molar refractivity (Wildman–Crippen MR) is 70.4 cm³/mol. The number of likely N-dealkylation sites (tertiary alicyclic amines) is 1. The molecule has 5 nitrogen and oxygen atoms in total. The number of rotatable bonds is 6. The second-order valence-corrected chi connectivity index (χ2v) is 7.88. The van der Waals surface area contributed by atoms with Gasteiger partial charge in [-0.05, 0) is 33.2 Å². The van der Waals surface area contributed by atoms with Crippen LogP contribution in [-0.2, 0) is 14.6 Å². The molecule has 106 valence electrons. The van der Waals surface area contributed by atoms with E-state index in [1.807, 2.05) is 4.90 Å². The highest BCUT2D eigenvalue weighted by Gasteiger charge is 2.26. The number of aliphatic carboxylic acids is 1. The first-order chi connectivity index (χ1) is 8.33. The first-order valence-electron chi connectivity index (χ1n) is 6.50. The fraction of sp³-hybridized carbons (Fsp3) is 0.917. The molecule has 0 aromatic carbocycles. The van der Waals surface area contributed by atoms with Crippen molar-refractivity contribution in [1.82, 2.24) is 4.90 Å². The van der Waals surface area contributed by atoms with Gasteiger partial charge in [-0.3, -0.25) is 9.69 Å². The molecule has 1 heterocycles. The number of carbonyl (C=O) groups is 1. The number of sulfone groups is 1. The van der Waals surface area contributed by atoms with Gasteiger partial charge in [-0.2, -0.15) is 0 Å². The van der Waals surface area contributed by atoms with E-state index >= 15 is 0 Å².